The van der Waals surface area contributed by atoms with Gasteiger partial charge in [-0.3, -0.25) is 0 Å². The van der Waals surface area contributed by atoms with Crippen LogP contribution in [-0.4, -0.2) is 33.4 Å². The third kappa shape index (κ3) is 3.43. The SMILES string of the molecule is O=c1nnc(-c2ccc(S(=O)(=O)[O-])cc2)n[nH]1.[Na+]. The van der Waals surface area contributed by atoms with Gasteiger partial charge in [0.2, 0.25) is 5.82 Å². The first-order chi connectivity index (χ1) is 7.97. The molecule has 0 radical (unpaired) electrons. The van der Waals surface area contributed by atoms with Crippen LogP contribution in [0.1, 0.15) is 0 Å². The quantitative estimate of drug-likeness (QED) is 0.439. The Morgan fingerprint density at radius 3 is 2.17 bits per heavy atom. The largest absolute Gasteiger partial charge is 1.00 e. The summed E-state index contributed by atoms with van der Waals surface area (Å²) in [6, 6.07) is 4.96. The molecule has 1 aromatic carbocycles. The predicted octanol–water partition coefficient (Wildman–Crippen LogP) is -3.86. The van der Waals surface area contributed by atoms with Crippen molar-refractivity contribution in [3.63, 3.8) is 0 Å². The molecule has 0 aliphatic rings. The minimum absolute atomic E-state index is 0. The smallest absolute Gasteiger partial charge is 0.744 e. The molecule has 10 heteroatoms. The van der Waals surface area contributed by atoms with Crippen LogP contribution < -0.4 is 35.2 Å². The van der Waals surface area contributed by atoms with Crippen molar-refractivity contribution < 1.29 is 42.5 Å². The fourth-order valence-electron chi connectivity index (χ4n) is 1.13. The van der Waals surface area contributed by atoms with Crippen molar-refractivity contribution in [1.82, 2.24) is 20.4 Å². The van der Waals surface area contributed by atoms with Crippen LogP contribution in [0.5, 0.6) is 0 Å². The van der Waals surface area contributed by atoms with Crippen LogP contribution in [0.3, 0.4) is 0 Å². The van der Waals surface area contributed by atoms with Crippen LogP contribution in [0.4, 0.5) is 0 Å². The Hall–Kier alpha value is -1.13. The number of hydrogen-bond acceptors (Lipinski definition) is 7. The zero-order valence-electron chi connectivity index (χ0n) is 9.19. The molecule has 0 bridgehead atoms. The van der Waals surface area contributed by atoms with Gasteiger partial charge in [0.15, 0.2) is 0 Å². The molecule has 2 aromatic rings. The van der Waals surface area contributed by atoms with Crippen LogP contribution >= 0.6 is 0 Å². The van der Waals surface area contributed by atoms with Gasteiger partial charge in [0.1, 0.15) is 10.1 Å². The van der Waals surface area contributed by atoms with Crippen LogP contribution in [0.2, 0.25) is 0 Å². The Bertz CT molecular complexity index is 677. The summed E-state index contributed by atoms with van der Waals surface area (Å²) in [4.78, 5) is 10.3. The minimum Gasteiger partial charge on any atom is -0.744 e. The van der Waals surface area contributed by atoms with Gasteiger partial charge < -0.3 is 4.55 Å². The monoisotopic (exact) mass is 276 g/mol. The summed E-state index contributed by atoms with van der Waals surface area (Å²) in [5.41, 5.74) is -0.256. The molecular weight excluding hydrogens is 271 g/mol. The molecule has 0 amide bonds. The number of rotatable bonds is 2. The van der Waals surface area contributed by atoms with Crippen LogP contribution in [-0.2, 0) is 10.1 Å². The maximum absolute atomic E-state index is 10.7. The van der Waals surface area contributed by atoms with Gasteiger partial charge >= 0.3 is 35.2 Å². The summed E-state index contributed by atoms with van der Waals surface area (Å²) < 4.78 is 32.0. The fraction of sp³-hybridized carbons (Fsp3) is 0. The number of aromatic amines is 1. The number of aromatic nitrogens is 4. The number of H-pyrrole nitrogens is 1. The Kier molecular flexibility index (Phi) is 4.71. The Morgan fingerprint density at radius 1 is 1.11 bits per heavy atom. The summed E-state index contributed by atoms with van der Waals surface area (Å²) in [6.45, 7) is 0. The fourth-order valence-corrected chi connectivity index (χ4v) is 1.60. The maximum atomic E-state index is 10.7. The van der Waals surface area contributed by atoms with Gasteiger partial charge in [-0.2, -0.15) is 0 Å². The van der Waals surface area contributed by atoms with Gasteiger partial charge in [0.25, 0.3) is 0 Å². The summed E-state index contributed by atoms with van der Waals surface area (Å²) in [7, 11) is -4.47. The molecule has 18 heavy (non-hydrogen) atoms. The number of nitrogens with one attached hydrogen (secondary N) is 1. The molecule has 0 aliphatic carbocycles. The van der Waals surface area contributed by atoms with Crippen LogP contribution in [0.15, 0.2) is 34.0 Å². The normalized spacial score (nSPS) is 10.7. The third-order valence-corrected chi connectivity index (χ3v) is 2.74. The zero-order valence-corrected chi connectivity index (χ0v) is 12.0. The standard InChI is InChI=1S/C8H6N4O4S.Na/c13-8-11-9-7(10-12-8)5-1-3-6(4-2-5)17(14,15)16;/h1-4H,(H,11,12,13)(H,14,15,16);/q;+1/p-1. The summed E-state index contributed by atoms with van der Waals surface area (Å²) >= 11 is 0. The van der Waals surface area contributed by atoms with Crippen molar-refractivity contribution in [2.45, 2.75) is 4.90 Å². The van der Waals surface area contributed by atoms with Crippen LogP contribution in [0.25, 0.3) is 11.4 Å². The Balaban J connectivity index is 0.00000162. The Morgan fingerprint density at radius 2 is 1.72 bits per heavy atom. The molecule has 0 saturated carbocycles. The number of hydrogen-bond donors (Lipinski definition) is 1. The van der Waals surface area contributed by atoms with E-state index in [1.54, 1.807) is 0 Å². The van der Waals surface area contributed by atoms with Gasteiger partial charge in [-0.1, -0.05) is 5.10 Å². The van der Waals surface area contributed by atoms with E-state index >= 15 is 0 Å². The molecule has 8 nitrogen and oxygen atoms in total. The van der Waals surface area contributed by atoms with Gasteiger partial charge in [-0.25, -0.2) is 18.3 Å². The maximum Gasteiger partial charge on any atom is 1.00 e. The van der Waals surface area contributed by atoms with Crippen molar-refractivity contribution >= 4 is 10.1 Å². The predicted molar refractivity (Wildman–Crippen MR) is 53.8 cm³/mol. The molecule has 0 spiro atoms. The zero-order chi connectivity index (χ0) is 12.5. The first-order valence-electron chi connectivity index (χ1n) is 4.32. The second-order valence-electron chi connectivity index (χ2n) is 3.03. The molecule has 0 unspecified atom stereocenters. The first-order valence-corrected chi connectivity index (χ1v) is 5.73. The van der Waals surface area contributed by atoms with Crippen molar-refractivity contribution in [2.75, 3.05) is 0 Å². The first kappa shape index (κ1) is 14.9. The molecule has 88 valence electrons. The molecule has 1 aromatic heterocycles. The van der Waals surface area contributed by atoms with Gasteiger partial charge in [-0.15, -0.1) is 10.2 Å². The molecule has 0 aliphatic heterocycles. The van der Waals surface area contributed by atoms with E-state index in [4.69, 9.17) is 0 Å². The van der Waals surface area contributed by atoms with E-state index in [-0.39, 0.29) is 40.3 Å². The third-order valence-electron chi connectivity index (χ3n) is 1.89. The average Bonchev–Trinajstić information content (AvgIpc) is 2.29. The second kappa shape index (κ2) is 5.67. The van der Waals surface area contributed by atoms with E-state index in [1.165, 1.54) is 12.1 Å². The molecule has 2 rings (SSSR count). The molecule has 0 atom stereocenters. The molecular formula is C8H5N4NaO4S. The van der Waals surface area contributed by atoms with Gasteiger partial charge in [0.05, 0.1) is 4.90 Å². The van der Waals surface area contributed by atoms with Gasteiger partial charge in [0, 0.05) is 5.56 Å². The Labute approximate surface area is 124 Å². The summed E-state index contributed by atoms with van der Waals surface area (Å²) in [5.74, 6) is 0.124. The van der Waals surface area contributed by atoms with Crippen molar-refractivity contribution in [1.29, 1.82) is 0 Å². The molecule has 0 saturated heterocycles. The second-order valence-corrected chi connectivity index (χ2v) is 4.41. The van der Waals surface area contributed by atoms with E-state index in [1.807, 2.05) is 0 Å². The number of benzene rings is 1. The van der Waals surface area contributed by atoms with Crippen molar-refractivity contribution in [3.8, 4) is 11.4 Å². The summed E-state index contributed by atoms with van der Waals surface area (Å²) in [6.07, 6.45) is 0. The molecule has 1 heterocycles. The molecule has 1 N–H and O–H groups in total. The number of nitrogens with zero attached hydrogens (tertiary/aromatic N) is 3. The van der Waals surface area contributed by atoms with E-state index in [9.17, 15) is 17.8 Å². The van der Waals surface area contributed by atoms with E-state index in [0.29, 0.717) is 5.56 Å². The van der Waals surface area contributed by atoms with Crippen molar-refractivity contribution in [3.05, 3.63) is 34.7 Å². The van der Waals surface area contributed by atoms with E-state index in [2.05, 4.69) is 20.4 Å². The average molecular weight is 276 g/mol. The van der Waals surface area contributed by atoms with Crippen LogP contribution in [0, 0.1) is 0 Å². The van der Waals surface area contributed by atoms with E-state index < -0.39 is 15.8 Å². The van der Waals surface area contributed by atoms with E-state index in [0.717, 1.165) is 12.1 Å². The van der Waals surface area contributed by atoms with Gasteiger partial charge in [-0.05, 0) is 24.3 Å². The molecule has 0 fully saturated rings. The minimum atomic E-state index is -4.47. The van der Waals surface area contributed by atoms with Crippen molar-refractivity contribution in [2.24, 2.45) is 0 Å². The summed E-state index contributed by atoms with van der Waals surface area (Å²) in [5, 5.41) is 12.4. The topological polar surface area (TPSA) is 129 Å².